The highest BCUT2D eigenvalue weighted by Crippen LogP contribution is 2.42. The zero-order valence-electron chi connectivity index (χ0n) is 22.1. The lowest BCUT2D eigenvalue weighted by molar-refractivity contribution is -0.139. The summed E-state index contributed by atoms with van der Waals surface area (Å²) in [6.45, 7) is 12.8. The molecule has 1 aliphatic carbocycles. The molecule has 0 radical (unpaired) electrons. The maximum Gasteiger partial charge on any atom is 0.408 e. The standard InChI is InChI=1S/C28H36ClN3O4/c1-16-10-8-11-17(2)23(16)25(26(34)31-24-18(3)12-9-13-20(24)29)32(21-14-19(21)4)22(33)15-30-27(35)36-28(5,6)7/h8-13,19,21,25H,14-15H2,1-7H3,(H,30,35)(H,31,34). The predicted octanol–water partition coefficient (Wildman–Crippen LogP) is 5.71. The van der Waals surface area contributed by atoms with Gasteiger partial charge in [0, 0.05) is 6.04 Å². The number of aryl methyl sites for hydroxylation is 3. The highest BCUT2D eigenvalue weighted by molar-refractivity contribution is 6.34. The minimum Gasteiger partial charge on any atom is -0.444 e. The number of alkyl carbamates (subject to hydrolysis) is 1. The van der Waals surface area contributed by atoms with E-state index < -0.39 is 17.7 Å². The molecule has 2 aromatic rings. The van der Waals surface area contributed by atoms with Crippen LogP contribution < -0.4 is 10.6 Å². The third-order valence-electron chi connectivity index (χ3n) is 6.31. The smallest absolute Gasteiger partial charge is 0.408 e. The van der Waals surface area contributed by atoms with Crippen molar-refractivity contribution in [3.8, 4) is 0 Å². The van der Waals surface area contributed by atoms with Crippen LogP contribution in [0.3, 0.4) is 0 Å². The second-order valence-electron chi connectivity index (χ2n) is 10.6. The van der Waals surface area contributed by atoms with Crippen LogP contribution in [0.25, 0.3) is 0 Å². The minimum atomic E-state index is -0.898. The fraction of sp³-hybridized carbons (Fsp3) is 0.464. The van der Waals surface area contributed by atoms with Gasteiger partial charge in [0.2, 0.25) is 5.91 Å². The summed E-state index contributed by atoms with van der Waals surface area (Å²) in [5, 5.41) is 5.96. The lowest BCUT2D eigenvalue weighted by Gasteiger charge is -2.34. The molecule has 3 atom stereocenters. The van der Waals surface area contributed by atoms with Crippen molar-refractivity contribution in [3.05, 3.63) is 63.7 Å². The van der Waals surface area contributed by atoms with E-state index in [1.807, 2.05) is 58.0 Å². The first kappa shape index (κ1) is 27.5. The highest BCUT2D eigenvalue weighted by atomic mass is 35.5. The first-order valence-corrected chi connectivity index (χ1v) is 12.6. The van der Waals surface area contributed by atoms with Gasteiger partial charge in [-0.05, 0) is 82.2 Å². The number of halogens is 1. The van der Waals surface area contributed by atoms with Crippen LogP contribution in [-0.4, -0.2) is 41.0 Å². The number of para-hydroxylation sites is 1. The molecule has 0 spiro atoms. The molecule has 0 saturated heterocycles. The topological polar surface area (TPSA) is 87.7 Å². The Morgan fingerprint density at radius 2 is 1.61 bits per heavy atom. The number of benzene rings is 2. The molecule has 0 bridgehead atoms. The molecular formula is C28H36ClN3O4. The molecule has 3 rings (SSSR count). The Balaban J connectivity index is 1.99. The number of rotatable bonds is 7. The lowest BCUT2D eigenvalue weighted by atomic mass is 9.93. The summed E-state index contributed by atoms with van der Waals surface area (Å²) < 4.78 is 5.29. The molecule has 1 fully saturated rings. The van der Waals surface area contributed by atoms with E-state index in [1.165, 1.54) is 0 Å². The van der Waals surface area contributed by atoms with E-state index >= 15 is 0 Å². The van der Waals surface area contributed by atoms with Crippen LogP contribution in [0.1, 0.15) is 62.4 Å². The SMILES string of the molecule is Cc1cccc(Cl)c1NC(=O)C(c1c(C)cccc1C)N(C(=O)CNC(=O)OC(C)(C)C)C1CC1C. The Kier molecular flexibility index (Phi) is 8.34. The van der Waals surface area contributed by atoms with E-state index in [2.05, 4.69) is 10.6 Å². The predicted molar refractivity (Wildman–Crippen MR) is 142 cm³/mol. The zero-order chi connectivity index (χ0) is 26.8. The molecule has 0 aromatic heterocycles. The summed E-state index contributed by atoms with van der Waals surface area (Å²) in [6.07, 6.45) is 0.0947. The first-order valence-electron chi connectivity index (χ1n) is 12.2. The number of carbonyl (C=O) groups excluding carboxylic acids is 3. The van der Waals surface area contributed by atoms with Gasteiger partial charge in [0.25, 0.3) is 5.91 Å². The molecule has 1 saturated carbocycles. The number of nitrogens with one attached hydrogen (secondary N) is 2. The Morgan fingerprint density at radius 3 is 2.14 bits per heavy atom. The van der Waals surface area contributed by atoms with E-state index in [1.54, 1.807) is 31.7 Å². The van der Waals surface area contributed by atoms with E-state index in [9.17, 15) is 14.4 Å². The maximum atomic E-state index is 14.0. The summed E-state index contributed by atoms with van der Waals surface area (Å²) in [6, 6.07) is 10.2. The Bertz CT molecular complexity index is 1120. The summed E-state index contributed by atoms with van der Waals surface area (Å²) in [5.41, 5.74) is 3.22. The van der Waals surface area contributed by atoms with E-state index in [0.717, 1.165) is 28.7 Å². The Labute approximate surface area is 218 Å². The fourth-order valence-corrected chi connectivity index (χ4v) is 4.67. The van der Waals surface area contributed by atoms with Crippen molar-refractivity contribution in [1.82, 2.24) is 10.2 Å². The number of amides is 3. The van der Waals surface area contributed by atoms with Crippen molar-refractivity contribution in [2.24, 2.45) is 5.92 Å². The van der Waals surface area contributed by atoms with Crippen molar-refractivity contribution in [1.29, 1.82) is 0 Å². The third kappa shape index (κ3) is 6.58. The van der Waals surface area contributed by atoms with Gasteiger partial charge >= 0.3 is 6.09 Å². The molecular weight excluding hydrogens is 478 g/mol. The normalized spacial score (nSPS) is 17.7. The van der Waals surface area contributed by atoms with Crippen LogP contribution in [0.4, 0.5) is 10.5 Å². The minimum absolute atomic E-state index is 0.125. The lowest BCUT2D eigenvalue weighted by Crippen LogP contribution is -2.48. The number of anilines is 1. The molecule has 36 heavy (non-hydrogen) atoms. The van der Waals surface area contributed by atoms with E-state index in [-0.39, 0.29) is 30.3 Å². The number of hydrogen-bond acceptors (Lipinski definition) is 4. The van der Waals surface area contributed by atoms with Gasteiger partial charge < -0.3 is 20.3 Å². The molecule has 3 amide bonds. The molecule has 8 heteroatoms. The van der Waals surface area contributed by atoms with Crippen LogP contribution in [0.2, 0.25) is 5.02 Å². The Hall–Kier alpha value is -3.06. The van der Waals surface area contributed by atoms with Gasteiger partial charge in [-0.2, -0.15) is 0 Å². The molecule has 0 heterocycles. The van der Waals surface area contributed by atoms with Crippen LogP contribution in [0.15, 0.2) is 36.4 Å². The fourth-order valence-electron chi connectivity index (χ4n) is 4.40. The highest BCUT2D eigenvalue weighted by Gasteiger charge is 2.47. The van der Waals surface area contributed by atoms with Gasteiger partial charge in [-0.1, -0.05) is 48.9 Å². The molecule has 7 nitrogen and oxygen atoms in total. The summed E-state index contributed by atoms with van der Waals surface area (Å²) >= 11 is 6.41. The van der Waals surface area contributed by atoms with Crippen molar-refractivity contribution in [2.45, 2.75) is 72.6 Å². The Morgan fingerprint density at radius 1 is 1.06 bits per heavy atom. The molecule has 194 valence electrons. The van der Waals surface area contributed by atoms with Gasteiger partial charge in [0.1, 0.15) is 18.2 Å². The van der Waals surface area contributed by atoms with Crippen LogP contribution in [-0.2, 0) is 14.3 Å². The third-order valence-corrected chi connectivity index (χ3v) is 6.62. The maximum absolute atomic E-state index is 14.0. The van der Waals surface area contributed by atoms with Crippen LogP contribution in [0.5, 0.6) is 0 Å². The second-order valence-corrected chi connectivity index (χ2v) is 11.0. The monoisotopic (exact) mass is 513 g/mol. The van der Waals surface area contributed by atoms with E-state index in [0.29, 0.717) is 10.7 Å². The number of nitrogens with zero attached hydrogens (tertiary/aromatic N) is 1. The quantitative estimate of drug-likeness (QED) is 0.496. The average Bonchev–Trinajstić information content (AvgIpc) is 3.48. The van der Waals surface area contributed by atoms with Crippen molar-refractivity contribution in [3.63, 3.8) is 0 Å². The van der Waals surface area contributed by atoms with Crippen molar-refractivity contribution in [2.75, 3.05) is 11.9 Å². The van der Waals surface area contributed by atoms with Crippen LogP contribution in [0, 0.1) is 26.7 Å². The second kappa shape index (κ2) is 10.9. The number of carbonyl (C=O) groups is 3. The van der Waals surface area contributed by atoms with Gasteiger partial charge in [-0.25, -0.2) is 4.79 Å². The molecule has 2 aromatic carbocycles. The average molecular weight is 514 g/mol. The van der Waals surface area contributed by atoms with Gasteiger partial charge in [0.05, 0.1) is 10.7 Å². The van der Waals surface area contributed by atoms with Crippen molar-refractivity contribution >= 4 is 35.2 Å². The molecule has 1 aliphatic rings. The molecule has 2 N–H and O–H groups in total. The van der Waals surface area contributed by atoms with Gasteiger partial charge in [-0.3, -0.25) is 9.59 Å². The number of hydrogen-bond donors (Lipinski definition) is 2. The summed E-state index contributed by atoms with van der Waals surface area (Å²) in [5.74, 6) is -0.473. The van der Waals surface area contributed by atoms with E-state index in [4.69, 9.17) is 16.3 Å². The van der Waals surface area contributed by atoms with Crippen LogP contribution >= 0.6 is 11.6 Å². The van der Waals surface area contributed by atoms with Crippen molar-refractivity contribution < 1.29 is 19.1 Å². The van der Waals surface area contributed by atoms with Gasteiger partial charge in [0.15, 0.2) is 0 Å². The summed E-state index contributed by atoms with van der Waals surface area (Å²) in [4.78, 5) is 41.4. The largest absolute Gasteiger partial charge is 0.444 e. The zero-order valence-corrected chi connectivity index (χ0v) is 22.8. The first-order chi connectivity index (χ1) is 16.8. The summed E-state index contributed by atoms with van der Waals surface area (Å²) in [7, 11) is 0. The molecule has 3 unspecified atom stereocenters. The molecule has 0 aliphatic heterocycles. The number of ether oxygens (including phenoxy) is 1. The van der Waals surface area contributed by atoms with Gasteiger partial charge in [-0.15, -0.1) is 0 Å².